The number of benzene rings is 1. The molecule has 10 nitrogen and oxygen atoms in total. The number of nitrogens with one attached hydrogen (secondary N) is 3. The molecule has 3 N–H and O–H groups in total. The van der Waals surface area contributed by atoms with Crippen LogP contribution in [0.2, 0.25) is 0 Å². The first-order valence-electron chi connectivity index (χ1n) is 11.7. The van der Waals surface area contributed by atoms with Gasteiger partial charge in [-0.2, -0.15) is 4.72 Å². The average molecular weight is 490 g/mol. The van der Waals surface area contributed by atoms with Crippen molar-refractivity contribution in [3.63, 3.8) is 0 Å². The van der Waals surface area contributed by atoms with Crippen LogP contribution in [0.5, 0.6) is 0 Å². The highest BCUT2D eigenvalue weighted by atomic mass is 32.2. The molecule has 34 heavy (non-hydrogen) atoms. The Morgan fingerprint density at radius 1 is 1.18 bits per heavy atom. The van der Waals surface area contributed by atoms with Crippen molar-refractivity contribution in [2.75, 3.05) is 32.8 Å². The summed E-state index contributed by atoms with van der Waals surface area (Å²) in [6, 6.07) is 8.39. The van der Waals surface area contributed by atoms with Gasteiger partial charge in [0.2, 0.25) is 15.9 Å². The summed E-state index contributed by atoms with van der Waals surface area (Å²) >= 11 is 0. The maximum absolute atomic E-state index is 13.5. The van der Waals surface area contributed by atoms with Gasteiger partial charge in [0, 0.05) is 30.7 Å². The molecular formula is C23H31N5O5S. The van der Waals surface area contributed by atoms with E-state index in [9.17, 15) is 18.0 Å². The minimum atomic E-state index is -4.03. The molecule has 0 spiro atoms. The van der Waals surface area contributed by atoms with E-state index in [1.165, 1.54) is 6.07 Å². The zero-order valence-electron chi connectivity index (χ0n) is 19.2. The maximum atomic E-state index is 13.5. The van der Waals surface area contributed by atoms with Gasteiger partial charge in [-0.1, -0.05) is 18.2 Å². The zero-order valence-corrected chi connectivity index (χ0v) is 20.1. The molecule has 0 bridgehead atoms. The normalized spacial score (nSPS) is 19.0. The summed E-state index contributed by atoms with van der Waals surface area (Å²) in [5.41, 5.74) is -0.896. The highest BCUT2D eigenvalue weighted by Crippen LogP contribution is 2.26. The monoisotopic (exact) mass is 489 g/mol. The molecule has 2 aliphatic heterocycles. The van der Waals surface area contributed by atoms with E-state index < -0.39 is 15.6 Å². The molecule has 0 radical (unpaired) electrons. The number of amides is 2. The van der Waals surface area contributed by atoms with Crippen LogP contribution in [-0.2, 0) is 19.6 Å². The third-order valence-corrected chi connectivity index (χ3v) is 8.03. The van der Waals surface area contributed by atoms with Crippen LogP contribution in [0.4, 0.5) is 4.79 Å². The number of pyridine rings is 1. The summed E-state index contributed by atoms with van der Waals surface area (Å²) in [6.45, 7) is 4.07. The van der Waals surface area contributed by atoms with Gasteiger partial charge in [0.15, 0.2) is 0 Å². The molecule has 2 saturated heterocycles. The lowest BCUT2D eigenvalue weighted by atomic mass is 9.88. The Kier molecular flexibility index (Phi) is 7.34. The number of sulfonamides is 1. The number of para-hydroxylation sites is 1. The van der Waals surface area contributed by atoms with Crippen LogP contribution < -0.4 is 15.4 Å². The Hall–Kier alpha value is -2.76. The molecule has 3 heterocycles. The number of fused-ring (bicyclic) bond motifs is 1. The van der Waals surface area contributed by atoms with Gasteiger partial charge in [0.1, 0.15) is 10.4 Å². The molecular weight excluding hydrogens is 458 g/mol. The molecule has 1 aromatic heterocycles. The van der Waals surface area contributed by atoms with Crippen LogP contribution >= 0.6 is 0 Å². The van der Waals surface area contributed by atoms with Crippen molar-refractivity contribution >= 4 is 32.9 Å². The maximum Gasteiger partial charge on any atom is 0.409 e. The number of nitrogens with zero attached hydrogens (tertiary/aromatic N) is 2. The molecule has 11 heteroatoms. The number of rotatable bonds is 6. The van der Waals surface area contributed by atoms with Gasteiger partial charge in [-0.15, -0.1) is 0 Å². The fourth-order valence-electron chi connectivity index (χ4n) is 4.58. The molecule has 2 aromatic rings. The summed E-state index contributed by atoms with van der Waals surface area (Å²) in [4.78, 5) is 31.4. The van der Waals surface area contributed by atoms with E-state index in [-0.39, 0.29) is 22.9 Å². The van der Waals surface area contributed by atoms with Crippen LogP contribution in [-0.4, -0.2) is 74.7 Å². The fourth-order valence-corrected chi connectivity index (χ4v) is 6.18. The van der Waals surface area contributed by atoms with Crippen molar-refractivity contribution in [2.45, 2.75) is 49.1 Å². The molecule has 184 valence electrons. The van der Waals surface area contributed by atoms with Gasteiger partial charge in [0.25, 0.3) is 0 Å². The highest BCUT2D eigenvalue weighted by Gasteiger charge is 2.44. The third kappa shape index (κ3) is 5.16. The second-order valence-corrected chi connectivity index (χ2v) is 10.4. The Balaban J connectivity index is 1.51. The number of carbonyl (C=O) groups is 2. The largest absolute Gasteiger partial charge is 0.450 e. The van der Waals surface area contributed by atoms with Crippen molar-refractivity contribution in [1.29, 1.82) is 0 Å². The molecule has 2 aliphatic rings. The summed E-state index contributed by atoms with van der Waals surface area (Å²) < 4.78 is 34.8. The summed E-state index contributed by atoms with van der Waals surface area (Å²) in [5.74, 6) is -0.333. The van der Waals surface area contributed by atoms with Crippen molar-refractivity contribution in [3.8, 4) is 0 Å². The number of hydrogen-bond donors (Lipinski definition) is 3. The Labute approximate surface area is 199 Å². The van der Waals surface area contributed by atoms with E-state index in [2.05, 4.69) is 20.3 Å². The second kappa shape index (κ2) is 10.2. The van der Waals surface area contributed by atoms with E-state index in [4.69, 9.17) is 4.74 Å². The highest BCUT2D eigenvalue weighted by molar-refractivity contribution is 7.89. The minimum absolute atomic E-state index is 0.0547. The summed E-state index contributed by atoms with van der Waals surface area (Å²) in [7, 11) is -4.03. The number of ether oxygens (including phenoxy) is 1. The Morgan fingerprint density at radius 3 is 2.59 bits per heavy atom. The molecule has 0 aliphatic carbocycles. The van der Waals surface area contributed by atoms with Crippen molar-refractivity contribution in [3.05, 3.63) is 36.5 Å². The van der Waals surface area contributed by atoms with E-state index in [1.807, 2.05) is 0 Å². The molecule has 2 amide bonds. The number of hydrogen-bond acceptors (Lipinski definition) is 7. The van der Waals surface area contributed by atoms with Crippen molar-refractivity contribution < 1.29 is 22.7 Å². The van der Waals surface area contributed by atoms with E-state index in [1.54, 1.807) is 42.3 Å². The average Bonchev–Trinajstić information content (AvgIpc) is 2.84. The van der Waals surface area contributed by atoms with E-state index in [0.717, 1.165) is 0 Å². The minimum Gasteiger partial charge on any atom is -0.450 e. The lowest BCUT2D eigenvalue weighted by molar-refractivity contribution is -0.129. The van der Waals surface area contributed by atoms with Crippen LogP contribution in [0.3, 0.4) is 0 Å². The standard InChI is InChI=1S/C23H31N5O5S/c1-2-33-22(30)28-15-8-18(9-16-28)26-21(29)23(10-13-24-14-11-23)27-34(31,32)19-7-3-5-17-6-4-12-25-20(17)19/h3-7,12,18,24,27H,2,8-11,13-16H2,1H3,(H,26,29). The van der Waals surface area contributed by atoms with Crippen LogP contribution in [0.15, 0.2) is 41.4 Å². The van der Waals surface area contributed by atoms with Gasteiger partial charge < -0.3 is 20.3 Å². The topological polar surface area (TPSA) is 130 Å². The summed E-state index contributed by atoms with van der Waals surface area (Å²) in [6.07, 6.45) is 3.03. The first-order valence-corrected chi connectivity index (χ1v) is 13.1. The molecule has 4 rings (SSSR count). The lowest BCUT2D eigenvalue weighted by Gasteiger charge is -2.39. The molecule has 2 fully saturated rings. The molecule has 1 aromatic carbocycles. The van der Waals surface area contributed by atoms with E-state index >= 15 is 0 Å². The smallest absolute Gasteiger partial charge is 0.409 e. The SMILES string of the molecule is CCOC(=O)N1CCC(NC(=O)C2(NS(=O)(=O)c3cccc4cccnc34)CCNCC2)CC1. The van der Waals surface area contributed by atoms with Crippen LogP contribution in [0, 0.1) is 0 Å². The van der Waals surface area contributed by atoms with Crippen molar-refractivity contribution in [1.82, 2.24) is 25.2 Å². The van der Waals surface area contributed by atoms with Gasteiger partial charge in [-0.3, -0.25) is 9.78 Å². The molecule has 0 atom stereocenters. The predicted octanol–water partition coefficient (Wildman–Crippen LogP) is 1.37. The van der Waals surface area contributed by atoms with Crippen LogP contribution in [0.25, 0.3) is 10.9 Å². The third-order valence-electron chi connectivity index (χ3n) is 6.46. The lowest BCUT2D eigenvalue weighted by Crippen LogP contribution is -2.64. The zero-order chi connectivity index (χ0) is 24.2. The van der Waals surface area contributed by atoms with Crippen molar-refractivity contribution in [2.24, 2.45) is 0 Å². The van der Waals surface area contributed by atoms with Gasteiger partial charge in [-0.25, -0.2) is 13.2 Å². The van der Waals surface area contributed by atoms with Crippen LogP contribution in [0.1, 0.15) is 32.6 Å². The predicted molar refractivity (Wildman–Crippen MR) is 127 cm³/mol. The molecule has 0 unspecified atom stereocenters. The number of piperidine rings is 2. The van der Waals surface area contributed by atoms with Gasteiger partial charge in [-0.05, 0) is 57.8 Å². The number of aromatic nitrogens is 1. The number of carbonyl (C=O) groups excluding carboxylic acids is 2. The first-order chi connectivity index (χ1) is 16.3. The summed E-state index contributed by atoms with van der Waals surface area (Å²) in [5, 5.41) is 6.95. The molecule has 0 saturated carbocycles. The Morgan fingerprint density at radius 2 is 1.88 bits per heavy atom. The fraction of sp³-hybridized carbons (Fsp3) is 0.522. The first kappa shape index (κ1) is 24.4. The van der Waals surface area contributed by atoms with Gasteiger partial charge in [0.05, 0.1) is 12.1 Å². The van der Waals surface area contributed by atoms with E-state index in [0.29, 0.717) is 69.4 Å². The van der Waals surface area contributed by atoms with Gasteiger partial charge >= 0.3 is 6.09 Å². The Bertz CT molecular complexity index is 1140. The number of likely N-dealkylation sites (tertiary alicyclic amines) is 1. The quantitative estimate of drug-likeness (QED) is 0.559. The second-order valence-electron chi connectivity index (χ2n) is 8.70.